The molecule has 40 heavy (non-hydrogen) atoms. The Morgan fingerprint density at radius 3 is 1.27 bits per heavy atom. The summed E-state index contributed by atoms with van der Waals surface area (Å²) in [5.74, 6) is -56.3. The quantitative estimate of drug-likeness (QED) is 0.229. The van der Waals surface area contributed by atoms with Gasteiger partial charge in [-0.25, -0.2) is 0 Å². The number of alkyl halides is 17. The number of rotatable bonds is 10. The van der Waals surface area contributed by atoms with Crippen LogP contribution >= 0.6 is 0 Å². The summed E-state index contributed by atoms with van der Waals surface area (Å²) in [7, 11) is 0. The van der Waals surface area contributed by atoms with Crippen molar-refractivity contribution in [3.05, 3.63) is 35.4 Å². The van der Waals surface area contributed by atoms with Crippen LogP contribution in [-0.2, 0) is 11.8 Å². The van der Waals surface area contributed by atoms with Crippen molar-refractivity contribution in [3.63, 3.8) is 0 Å². The molecule has 0 nitrogen and oxygen atoms in total. The lowest BCUT2D eigenvalue weighted by Gasteiger charge is -2.49. The molecule has 2 rings (SSSR count). The molecule has 0 radical (unpaired) electrons. The molecule has 0 saturated heterocycles. The molecule has 0 amide bonds. The number of hydrogen-bond acceptors (Lipinski definition) is 0. The third kappa shape index (κ3) is 4.51. The zero-order valence-electron chi connectivity index (χ0n) is 20.2. The highest BCUT2D eigenvalue weighted by Gasteiger charge is 2.96. The first-order valence-electron chi connectivity index (χ1n) is 11.6. The molecule has 1 saturated carbocycles. The topological polar surface area (TPSA) is 0 Å². The average molecular weight is 620 g/mol. The molecule has 0 aromatic heterocycles. The minimum Gasteiger partial charge on any atom is -0.199 e. The van der Waals surface area contributed by atoms with Crippen LogP contribution in [0.5, 0.6) is 0 Å². The summed E-state index contributed by atoms with van der Waals surface area (Å²) in [6, 6.07) is 3.79. The molecule has 0 heterocycles. The van der Waals surface area contributed by atoms with Gasteiger partial charge in [-0.15, -0.1) is 0 Å². The van der Waals surface area contributed by atoms with Gasteiger partial charge in [-0.2, -0.15) is 74.6 Å². The van der Waals surface area contributed by atoms with E-state index in [9.17, 15) is 65.9 Å². The number of halogens is 17. The van der Waals surface area contributed by atoms with Gasteiger partial charge in [0.15, 0.2) is 0 Å². The first-order valence-corrected chi connectivity index (χ1v) is 11.6. The molecule has 1 aromatic carbocycles. The summed E-state index contributed by atoms with van der Waals surface area (Å²) in [6.07, 6.45) is -9.88. The highest BCUT2D eigenvalue weighted by atomic mass is 19.4. The standard InChI is InChI=1S/C23H21F17/c1-2-6-13-7-9-14(10-8-13)15(11-4-3-5-12-15)16(24,25)17(26,27)18(28,29)19(30,31)20(32,33)21(34,35)22(36,37)23(38,39)40/h7-10H,2-6,11-12H2,1H3. The van der Waals surface area contributed by atoms with Crippen LogP contribution in [0.1, 0.15) is 56.6 Å². The van der Waals surface area contributed by atoms with Crippen LogP contribution in [0.15, 0.2) is 24.3 Å². The number of aryl methyl sites for hydroxylation is 1. The van der Waals surface area contributed by atoms with E-state index in [1.807, 2.05) is 0 Å². The van der Waals surface area contributed by atoms with E-state index in [2.05, 4.69) is 0 Å². The van der Waals surface area contributed by atoms with E-state index in [4.69, 9.17) is 0 Å². The first-order chi connectivity index (χ1) is 17.7. The Balaban J connectivity index is 2.73. The lowest BCUT2D eigenvalue weighted by atomic mass is 9.62. The maximum absolute atomic E-state index is 15.5. The Hall–Kier alpha value is -1.97. The highest BCUT2D eigenvalue weighted by Crippen LogP contribution is 2.67. The van der Waals surface area contributed by atoms with E-state index >= 15 is 8.78 Å². The molecule has 0 atom stereocenters. The van der Waals surface area contributed by atoms with Crippen molar-refractivity contribution in [2.75, 3.05) is 0 Å². The van der Waals surface area contributed by atoms with E-state index < -0.39 is 84.3 Å². The van der Waals surface area contributed by atoms with Gasteiger partial charge >= 0.3 is 47.6 Å². The van der Waals surface area contributed by atoms with Gasteiger partial charge < -0.3 is 0 Å². The SMILES string of the molecule is CCCc1ccc(C2(C(F)(F)C(F)(F)C(F)(F)C(F)(F)C(F)(F)C(F)(F)C(F)(F)C(F)(F)F)CCCCC2)cc1. The van der Waals surface area contributed by atoms with Gasteiger partial charge in [0.2, 0.25) is 0 Å². The van der Waals surface area contributed by atoms with Crippen molar-refractivity contribution in [3.8, 4) is 0 Å². The van der Waals surface area contributed by atoms with Crippen LogP contribution < -0.4 is 0 Å². The zero-order valence-corrected chi connectivity index (χ0v) is 20.2. The molecule has 0 spiro atoms. The third-order valence-corrected chi connectivity index (χ3v) is 7.08. The second kappa shape index (κ2) is 10.1. The van der Waals surface area contributed by atoms with Gasteiger partial charge in [-0.3, -0.25) is 0 Å². The van der Waals surface area contributed by atoms with Crippen molar-refractivity contribution >= 4 is 0 Å². The average Bonchev–Trinajstić information content (AvgIpc) is 2.83. The maximum Gasteiger partial charge on any atom is 0.460 e. The highest BCUT2D eigenvalue weighted by molar-refractivity contribution is 5.35. The fourth-order valence-electron chi connectivity index (χ4n) is 4.68. The number of benzene rings is 1. The van der Waals surface area contributed by atoms with Crippen molar-refractivity contribution in [2.45, 2.75) is 105 Å². The third-order valence-electron chi connectivity index (χ3n) is 7.08. The van der Waals surface area contributed by atoms with E-state index in [-0.39, 0.29) is 6.42 Å². The lowest BCUT2D eigenvalue weighted by molar-refractivity contribution is -0.464. The van der Waals surface area contributed by atoms with E-state index in [1.165, 1.54) is 0 Å². The Bertz CT molecular complexity index is 1010. The van der Waals surface area contributed by atoms with Crippen LogP contribution in [-0.4, -0.2) is 47.6 Å². The minimum atomic E-state index is -8.62. The van der Waals surface area contributed by atoms with E-state index in [1.54, 1.807) is 6.92 Å². The molecule has 0 aliphatic heterocycles. The Morgan fingerprint density at radius 2 is 0.900 bits per heavy atom. The Labute approximate surface area is 215 Å². The second-order valence-corrected chi connectivity index (χ2v) is 9.61. The summed E-state index contributed by atoms with van der Waals surface area (Å²) in [4.78, 5) is 0. The normalized spacial score (nSPS) is 18.6. The number of hydrogen-bond donors (Lipinski definition) is 0. The Kier molecular flexibility index (Phi) is 8.63. The van der Waals surface area contributed by atoms with Crippen molar-refractivity contribution < 1.29 is 74.6 Å². The predicted octanol–water partition coefficient (Wildman–Crippen LogP) is 9.85. The molecular weight excluding hydrogens is 599 g/mol. The van der Waals surface area contributed by atoms with Crippen LogP contribution in [0, 0.1) is 0 Å². The molecule has 0 N–H and O–H groups in total. The van der Waals surface area contributed by atoms with Crippen molar-refractivity contribution in [1.29, 1.82) is 0 Å². The lowest BCUT2D eigenvalue weighted by Crippen LogP contribution is -2.76. The van der Waals surface area contributed by atoms with Crippen LogP contribution in [0.4, 0.5) is 74.6 Å². The van der Waals surface area contributed by atoms with Gasteiger partial charge in [-0.05, 0) is 30.4 Å². The smallest absolute Gasteiger partial charge is 0.199 e. The van der Waals surface area contributed by atoms with Gasteiger partial charge in [0, 0.05) is 0 Å². The summed E-state index contributed by atoms with van der Waals surface area (Å²) in [5.41, 5.74) is -3.85. The fraction of sp³-hybridized carbons (Fsp3) is 0.739. The molecule has 232 valence electrons. The maximum atomic E-state index is 15.5. The molecule has 1 fully saturated rings. The summed E-state index contributed by atoms with van der Waals surface area (Å²) in [5, 5.41) is 0. The van der Waals surface area contributed by atoms with Gasteiger partial charge in [0.05, 0.1) is 5.41 Å². The van der Waals surface area contributed by atoms with E-state index in [0.29, 0.717) is 18.4 Å². The molecule has 1 aliphatic carbocycles. The summed E-state index contributed by atoms with van der Waals surface area (Å²) in [6.45, 7) is 1.69. The zero-order chi connectivity index (χ0) is 31.4. The predicted molar refractivity (Wildman–Crippen MR) is 106 cm³/mol. The molecule has 1 aromatic rings. The van der Waals surface area contributed by atoms with Crippen molar-refractivity contribution in [1.82, 2.24) is 0 Å². The summed E-state index contributed by atoms with van der Waals surface area (Å²) < 4.78 is 236. The summed E-state index contributed by atoms with van der Waals surface area (Å²) >= 11 is 0. The fourth-order valence-corrected chi connectivity index (χ4v) is 4.68. The molecule has 17 heteroatoms. The monoisotopic (exact) mass is 620 g/mol. The molecule has 1 aliphatic rings. The van der Waals surface area contributed by atoms with Crippen LogP contribution in [0.2, 0.25) is 0 Å². The second-order valence-electron chi connectivity index (χ2n) is 9.61. The van der Waals surface area contributed by atoms with Crippen molar-refractivity contribution in [2.24, 2.45) is 0 Å². The first kappa shape index (κ1) is 34.2. The van der Waals surface area contributed by atoms with E-state index in [0.717, 1.165) is 24.3 Å². The Morgan fingerprint density at radius 1 is 0.525 bits per heavy atom. The van der Waals surface area contributed by atoms with Crippen LogP contribution in [0.3, 0.4) is 0 Å². The van der Waals surface area contributed by atoms with Gasteiger partial charge in [-0.1, -0.05) is 56.9 Å². The van der Waals surface area contributed by atoms with Gasteiger partial charge in [0.25, 0.3) is 0 Å². The molecule has 0 bridgehead atoms. The van der Waals surface area contributed by atoms with Gasteiger partial charge in [0.1, 0.15) is 0 Å². The molecule has 0 unspecified atom stereocenters. The minimum absolute atomic E-state index is 0.0562. The molecular formula is C23H21F17. The largest absolute Gasteiger partial charge is 0.460 e. The van der Waals surface area contributed by atoms with Crippen LogP contribution in [0.25, 0.3) is 0 Å².